The van der Waals surface area contributed by atoms with Crippen LogP contribution in [0.4, 0.5) is 0 Å². The SMILES string of the molecule is Cc1cc(CS(=O)(=O)NCC(CC(=O)O)CC(C)C)no1. The lowest BCUT2D eigenvalue weighted by Crippen LogP contribution is -2.32. The molecule has 0 amide bonds. The van der Waals surface area contributed by atoms with Crippen LogP contribution in [0.5, 0.6) is 0 Å². The zero-order valence-corrected chi connectivity index (χ0v) is 13.3. The Labute approximate surface area is 124 Å². The maximum absolute atomic E-state index is 11.9. The van der Waals surface area contributed by atoms with Crippen LogP contribution in [0.25, 0.3) is 0 Å². The molecule has 1 heterocycles. The van der Waals surface area contributed by atoms with Gasteiger partial charge >= 0.3 is 5.97 Å². The van der Waals surface area contributed by atoms with E-state index in [-0.39, 0.29) is 24.6 Å². The normalized spacial score (nSPS) is 13.5. The molecular formula is C13H22N2O5S. The Kier molecular flexibility index (Phi) is 6.35. The van der Waals surface area contributed by atoms with Crippen molar-refractivity contribution in [2.75, 3.05) is 6.54 Å². The van der Waals surface area contributed by atoms with Gasteiger partial charge in [-0.2, -0.15) is 0 Å². The summed E-state index contributed by atoms with van der Waals surface area (Å²) in [7, 11) is -3.55. The highest BCUT2D eigenvalue weighted by Gasteiger charge is 2.20. The zero-order valence-electron chi connectivity index (χ0n) is 12.5. The van der Waals surface area contributed by atoms with Crippen molar-refractivity contribution >= 4 is 16.0 Å². The van der Waals surface area contributed by atoms with Crippen LogP contribution in [-0.4, -0.2) is 31.2 Å². The van der Waals surface area contributed by atoms with Gasteiger partial charge in [-0.05, 0) is 25.2 Å². The number of nitrogens with one attached hydrogen (secondary N) is 1. The smallest absolute Gasteiger partial charge is 0.303 e. The molecule has 1 atom stereocenters. The fourth-order valence-corrected chi connectivity index (χ4v) is 3.25. The van der Waals surface area contributed by atoms with Crippen LogP contribution >= 0.6 is 0 Å². The van der Waals surface area contributed by atoms with Crippen molar-refractivity contribution in [3.63, 3.8) is 0 Å². The summed E-state index contributed by atoms with van der Waals surface area (Å²) in [5.41, 5.74) is 0.332. The van der Waals surface area contributed by atoms with Crippen LogP contribution in [0.3, 0.4) is 0 Å². The fourth-order valence-electron chi connectivity index (χ4n) is 2.13. The van der Waals surface area contributed by atoms with Gasteiger partial charge in [0, 0.05) is 19.0 Å². The first-order chi connectivity index (χ1) is 9.68. The Balaban J connectivity index is 2.58. The second kappa shape index (κ2) is 7.56. The first-order valence-electron chi connectivity index (χ1n) is 6.79. The number of aromatic nitrogens is 1. The van der Waals surface area contributed by atoms with Gasteiger partial charge in [0.05, 0.1) is 0 Å². The molecule has 8 heteroatoms. The summed E-state index contributed by atoms with van der Waals surface area (Å²) in [4.78, 5) is 10.8. The van der Waals surface area contributed by atoms with Crippen LogP contribution in [0.1, 0.15) is 38.1 Å². The van der Waals surface area contributed by atoms with E-state index in [1.54, 1.807) is 13.0 Å². The third kappa shape index (κ3) is 7.24. The van der Waals surface area contributed by atoms with E-state index in [1.807, 2.05) is 13.8 Å². The molecule has 0 radical (unpaired) electrons. The van der Waals surface area contributed by atoms with Crippen LogP contribution in [-0.2, 0) is 20.6 Å². The van der Waals surface area contributed by atoms with Crippen molar-refractivity contribution in [2.24, 2.45) is 11.8 Å². The second-order valence-electron chi connectivity index (χ2n) is 5.63. The Morgan fingerprint density at radius 2 is 2.14 bits per heavy atom. The second-order valence-corrected chi connectivity index (χ2v) is 7.44. The maximum Gasteiger partial charge on any atom is 0.303 e. The summed E-state index contributed by atoms with van der Waals surface area (Å²) in [5, 5.41) is 12.5. The summed E-state index contributed by atoms with van der Waals surface area (Å²) in [5.74, 6) is -0.574. The number of hydrogen-bond acceptors (Lipinski definition) is 5. The van der Waals surface area contributed by atoms with Crippen molar-refractivity contribution in [1.29, 1.82) is 0 Å². The monoisotopic (exact) mass is 318 g/mol. The molecule has 0 fully saturated rings. The predicted molar refractivity (Wildman–Crippen MR) is 77.1 cm³/mol. The van der Waals surface area contributed by atoms with Crippen molar-refractivity contribution in [1.82, 2.24) is 9.88 Å². The van der Waals surface area contributed by atoms with Gasteiger partial charge in [0.2, 0.25) is 10.0 Å². The Bertz CT molecular complexity index is 565. The molecule has 0 saturated heterocycles. The number of aliphatic carboxylic acids is 1. The fraction of sp³-hybridized carbons (Fsp3) is 0.692. The molecule has 0 aliphatic rings. The number of rotatable bonds is 9. The minimum atomic E-state index is -3.55. The van der Waals surface area contributed by atoms with Crippen molar-refractivity contribution < 1.29 is 22.8 Å². The topological polar surface area (TPSA) is 110 Å². The molecule has 21 heavy (non-hydrogen) atoms. The molecule has 0 spiro atoms. The van der Waals surface area contributed by atoms with Gasteiger partial charge in [0.1, 0.15) is 17.2 Å². The quantitative estimate of drug-likeness (QED) is 0.714. The first kappa shape index (κ1) is 17.6. The van der Waals surface area contributed by atoms with Gasteiger partial charge in [-0.3, -0.25) is 4.79 Å². The summed E-state index contributed by atoms with van der Waals surface area (Å²) >= 11 is 0. The molecule has 120 valence electrons. The van der Waals surface area contributed by atoms with Gasteiger partial charge in [-0.25, -0.2) is 13.1 Å². The third-order valence-corrected chi connectivity index (χ3v) is 4.16. The molecule has 1 aromatic heterocycles. The Hall–Kier alpha value is -1.41. The third-order valence-electron chi connectivity index (χ3n) is 2.87. The molecule has 0 aliphatic heterocycles. The van der Waals surface area contributed by atoms with E-state index in [2.05, 4.69) is 9.88 Å². The predicted octanol–water partition coefficient (Wildman–Crippen LogP) is 1.54. The van der Waals surface area contributed by atoms with E-state index in [4.69, 9.17) is 9.63 Å². The highest BCUT2D eigenvalue weighted by atomic mass is 32.2. The summed E-state index contributed by atoms with van der Waals surface area (Å²) in [6, 6.07) is 1.56. The molecule has 0 bridgehead atoms. The molecule has 0 aromatic carbocycles. The lowest BCUT2D eigenvalue weighted by atomic mass is 9.94. The highest BCUT2D eigenvalue weighted by molar-refractivity contribution is 7.88. The van der Waals surface area contributed by atoms with Crippen LogP contribution in [0.2, 0.25) is 0 Å². The minimum absolute atomic E-state index is 0.0518. The zero-order chi connectivity index (χ0) is 16.0. The van der Waals surface area contributed by atoms with Crippen LogP contribution in [0, 0.1) is 18.8 Å². The molecule has 1 rings (SSSR count). The number of nitrogens with zero attached hydrogens (tertiary/aromatic N) is 1. The summed E-state index contributed by atoms with van der Waals surface area (Å²) < 4.78 is 31.2. The molecule has 0 saturated carbocycles. The van der Waals surface area contributed by atoms with Gasteiger partial charge < -0.3 is 9.63 Å². The van der Waals surface area contributed by atoms with Gasteiger partial charge in [0.25, 0.3) is 0 Å². The summed E-state index contributed by atoms with van der Waals surface area (Å²) in [6.45, 7) is 5.74. The highest BCUT2D eigenvalue weighted by Crippen LogP contribution is 2.15. The summed E-state index contributed by atoms with van der Waals surface area (Å²) in [6.07, 6.45) is 0.599. The largest absolute Gasteiger partial charge is 0.481 e. The van der Waals surface area contributed by atoms with Crippen molar-refractivity contribution in [3.8, 4) is 0 Å². The minimum Gasteiger partial charge on any atom is -0.481 e. The van der Waals surface area contributed by atoms with Crippen molar-refractivity contribution in [3.05, 3.63) is 17.5 Å². The van der Waals surface area contributed by atoms with E-state index >= 15 is 0 Å². The van der Waals surface area contributed by atoms with Crippen LogP contribution in [0.15, 0.2) is 10.6 Å². The lowest BCUT2D eigenvalue weighted by Gasteiger charge is -2.17. The number of aryl methyl sites for hydroxylation is 1. The molecule has 7 nitrogen and oxygen atoms in total. The number of carbonyl (C=O) groups is 1. The molecule has 1 unspecified atom stereocenters. The first-order valence-corrected chi connectivity index (χ1v) is 8.44. The number of carboxylic acids is 1. The van der Waals surface area contributed by atoms with Gasteiger partial charge in [-0.15, -0.1) is 0 Å². The van der Waals surface area contributed by atoms with Crippen molar-refractivity contribution in [2.45, 2.75) is 39.4 Å². The van der Waals surface area contributed by atoms with E-state index < -0.39 is 16.0 Å². The average molecular weight is 318 g/mol. The molecule has 0 aliphatic carbocycles. The van der Waals surface area contributed by atoms with Gasteiger partial charge in [-0.1, -0.05) is 19.0 Å². The van der Waals surface area contributed by atoms with E-state index in [1.165, 1.54) is 0 Å². The lowest BCUT2D eigenvalue weighted by molar-refractivity contribution is -0.138. The number of hydrogen-bond donors (Lipinski definition) is 2. The van der Waals surface area contributed by atoms with Gasteiger partial charge in [0.15, 0.2) is 0 Å². The van der Waals surface area contributed by atoms with E-state index in [0.717, 1.165) is 0 Å². The van der Waals surface area contributed by atoms with E-state index in [9.17, 15) is 13.2 Å². The molecular weight excluding hydrogens is 296 g/mol. The maximum atomic E-state index is 11.9. The number of sulfonamides is 1. The molecule has 1 aromatic rings. The average Bonchev–Trinajstić information content (AvgIpc) is 2.69. The standard InChI is InChI=1S/C13H22N2O5S/c1-9(2)4-11(6-13(16)17)7-14-21(18,19)8-12-5-10(3)20-15-12/h5,9,11,14H,4,6-8H2,1-3H3,(H,16,17). The Morgan fingerprint density at radius 1 is 1.48 bits per heavy atom. The van der Waals surface area contributed by atoms with E-state index in [0.29, 0.717) is 23.8 Å². The Morgan fingerprint density at radius 3 is 2.62 bits per heavy atom. The van der Waals surface area contributed by atoms with Crippen LogP contribution < -0.4 is 4.72 Å². The number of carboxylic acid groups (broad SMARTS) is 1. The molecule has 2 N–H and O–H groups in total.